The Hall–Kier alpha value is -0.610. The predicted octanol–water partition coefficient (Wildman–Crippen LogP) is 6.61. The topological polar surface area (TPSA) is 0 Å². The lowest BCUT2D eigenvalue weighted by Gasteiger charge is -2.09. The minimum Gasteiger partial charge on any atom is -0.0654 e. The first-order valence-electron chi connectivity index (χ1n) is 8.46. The first-order chi connectivity index (χ1) is 9.80. The minimum absolute atomic E-state index is 1.24. The number of hydrogen-bond donors (Lipinski definition) is 0. The highest BCUT2D eigenvalue weighted by molar-refractivity contribution is 7.47. The van der Waals surface area contributed by atoms with Crippen molar-refractivity contribution in [2.24, 2.45) is 0 Å². The zero-order valence-corrected chi connectivity index (χ0v) is 14.3. The van der Waals surface area contributed by atoms with Crippen molar-refractivity contribution in [3.05, 3.63) is 34.2 Å². The molecule has 0 spiro atoms. The average Bonchev–Trinajstić information content (AvgIpc) is 2.98. The van der Waals surface area contributed by atoms with Crippen LogP contribution in [0.5, 0.6) is 0 Å². The van der Waals surface area contributed by atoms with Gasteiger partial charge < -0.3 is 0 Å². The summed E-state index contributed by atoms with van der Waals surface area (Å²) in [6, 6.07) is 0. The van der Waals surface area contributed by atoms with E-state index in [9.17, 15) is 0 Å². The predicted molar refractivity (Wildman–Crippen MR) is 92.4 cm³/mol. The molecule has 0 N–H and O–H groups in total. The van der Waals surface area contributed by atoms with Gasteiger partial charge in [0.05, 0.1) is 0 Å². The number of allylic oxidation sites excluding steroid dienone is 6. The SMILES string of the molecule is CCCCC1=[C]C2=C(CCCC)C(CCCC)=CC2=P1. The molecule has 20 heavy (non-hydrogen) atoms. The van der Waals surface area contributed by atoms with Crippen molar-refractivity contribution in [3.63, 3.8) is 0 Å². The summed E-state index contributed by atoms with van der Waals surface area (Å²) >= 11 is 0. The summed E-state index contributed by atoms with van der Waals surface area (Å²) in [5.74, 6) is 0. The number of fused-ring (bicyclic) bond motifs is 1. The van der Waals surface area contributed by atoms with Crippen LogP contribution in [0.15, 0.2) is 28.1 Å². The molecule has 1 heterocycles. The Balaban J connectivity index is 2.14. The van der Waals surface area contributed by atoms with Crippen LogP contribution < -0.4 is 0 Å². The molecule has 2 aliphatic rings. The smallest absolute Gasteiger partial charge is 0.0105 e. The van der Waals surface area contributed by atoms with E-state index in [1.807, 2.05) is 0 Å². The fourth-order valence-electron chi connectivity index (χ4n) is 2.88. The highest BCUT2D eigenvalue weighted by Gasteiger charge is 2.24. The quantitative estimate of drug-likeness (QED) is 0.418. The molecule has 1 heteroatoms. The van der Waals surface area contributed by atoms with Gasteiger partial charge in [0.2, 0.25) is 0 Å². The zero-order chi connectivity index (χ0) is 14.4. The minimum atomic E-state index is 1.24. The molecule has 0 nitrogen and oxygen atoms in total. The highest BCUT2D eigenvalue weighted by atomic mass is 31.1. The van der Waals surface area contributed by atoms with E-state index < -0.39 is 0 Å². The van der Waals surface area contributed by atoms with E-state index in [0.29, 0.717) is 0 Å². The molecule has 1 aliphatic carbocycles. The van der Waals surface area contributed by atoms with Gasteiger partial charge in [0.1, 0.15) is 0 Å². The van der Waals surface area contributed by atoms with E-state index in [1.54, 1.807) is 16.4 Å². The first kappa shape index (κ1) is 15.8. The summed E-state index contributed by atoms with van der Waals surface area (Å²) in [7, 11) is 1.45. The van der Waals surface area contributed by atoms with Crippen molar-refractivity contribution in [2.75, 3.05) is 0 Å². The number of hydrogen-bond acceptors (Lipinski definition) is 0. The summed E-state index contributed by atoms with van der Waals surface area (Å²) in [5, 5.41) is 3.07. The molecule has 0 saturated carbocycles. The molecule has 0 atom stereocenters. The van der Waals surface area contributed by atoms with Crippen molar-refractivity contribution in [2.45, 2.75) is 78.6 Å². The maximum absolute atomic E-state index is 3.75. The van der Waals surface area contributed by atoms with Crippen LogP contribution in [0.25, 0.3) is 0 Å². The Bertz CT molecular complexity index is 460. The third kappa shape index (κ3) is 3.73. The van der Waals surface area contributed by atoms with Crippen LogP contribution in [0.1, 0.15) is 78.6 Å². The second-order valence-electron chi connectivity index (χ2n) is 5.90. The number of unbranched alkanes of at least 4 members (excludes halogenated alkanes) is 3. The van der Waals surface area contributed by atoms with Crippen molar-refractivity contribution in [1.82, 2.24) is 0 Å². The second kappa shape index (κ2) is 7.99. The lowest BCUT2D eigenvalue weighted by Crippen LogP contribution is -1.92. The average molecular weight is 287 g/mol. The molecule has 0 saturated heterocycles. The van der Waals surface area contributed by atoms with E-state index in [-0.39, 0.29) is 0 Å². The molecule has 0 aromatic carbocycles. The summed E-state index contributed by atoms with van der Waals surface area (Å²) in [6.45, 7) is 6.85. The van der Waals surface area contributed by atoms with Gasteiger partial charge >= 0.3 is 0 Å². The molecule has 0 aromatic heterocycles. The Kier molecular flexibility index (Phi) is 6.30. The van der Waals surface area contributed by atoms with E-state index in [1.165, 1.54) is 76.9 Å². The largest absolute Gasteiger partial charge is 0.0654 e. The van der Waals surface area contributed by atoms with Crippen LogP contribution in [0.3, 0.4) is 0 Å². The molecule has 0 bridgehead atoms. The summed E-state index contributed by atoms with van der Waals surface area (Å²) in [5.41, 5.74) is 4.74. The lowest BCUT2D eigenvalue weighted by molar-refractivity contribution is 0.754. The van der Waals surface area contributed by atoms with Crippen LogP contribution >= 0.6 is 8.20 Å². The third-order valence-corrected chi connectivity index (χ3v) is 5.33. The molecule has 0 unspecified atom stereocenters. The van der Waals surface area contributed by atoms with Gasteiger partial charge in [-0.3, -0.25) is 0 Å². The first-order valence-corrected chi connectivity index (χ1v) is 9.35. The summed E-state index contributed by atoms with van der Waals surface area (Å²) in [4.78, 5) is 0. The maximum atomic E-state index is 3.75. The van der Waals surface area contributed by atoms with Gasteiger partial charge in [-0.2, -0.15) is 0 Å². The summed E-state index contributed by atoms with van der Waals surface area (Å²) < 4.78 is 0. The normalized spacial score (nSPS) is 18.1. The van der Waals surface area contributed by atoms with Gasteiger partial charge in [0, 0.05) is 5.29 Å². The fourth-order valence-corrected chi connectivity index (χ4v) is 4.13. The van der Waals surface area contributed by atoms with Crippen molar-refractivity contribution < 1.29 is 0 Å². The van der Waals surface area contributed by atoms with Crippen LogP contribution in [0.2, 0.25) is 0 Å². The van der Waals surface area contributed by atoms with Crippen molar-refractivity contribution >= 4 is 13.5 Å². The molecule has 109 valence electrons. The second-order valence-corrected chi connectivity index (χ2v) is 7.15. The summed E-state index contributed by atoms with van der Waals surface area (Å²) in [6.07, 6.45) is 17.8. The molecule has 0 amide bonds. The molecular formula is C19H28P. The highest BCUT2D eigenvalue weighted by Crippen LogP contribution is 2.41. The van der Waals surface area contributed by atoms with Gasteiger partial charge in [0.15, 0.2) is 0 Å². The van der Waals surface area contributed by atoms with E-state index in [4.69, 9.17) is 0 Å². The monoisotopic (exact) mass is 287 g/mol. The lowest BCUT2D eigenvalue weighted by atomic mass is 9.96. The van der Waals surface area contributed by atoms with Gasteiger partial charge in [-0.1, -0.05) is 48.2 Å². The Labute approximate surface area is 126 Å². The molecule has 0 fully saturated rings. The molecular weight excluding hydrogens is 259 g/mol. The van der Waals surface area contributed by atoms with Crippen LogP contribution in [0.4, 0.5) is 0 Å². The molecule has 1 radical (unpaired) electrons. The van der Waals surface area contributed by atoms with Gasteiger partial charge in [-0.05, 0) is 72.7 Å². The molecule has 2 rings (SSSR count). The Morgan fingerprint density at radius 3 is 2.25 bits per heavy atom. The van der Waals surface area contributed by atoms with Gasteiger partial charge in [-0.25, -0.2) is 0 Å². The van der Waals surface area contributed by atoms with Crippen LogP contribution in [-0.2, 0) is 0 Å². The van der Waals surface area contributed by atoms with Gasteiger partial charge in [0.25, 0.3) is 0 Å². The van der Waals surface area contributed by atoms with Gasteiger partial charge in [-0.15, -0.1) is 0 Å². The Morgan fingerprint density at radius 1 is 0.900 bits per heavy atom. The molecule has 0 aromatic rings. The standard InChI is InChI=1S/C19H28P/c1-4-7-10-15-13-19-18(17(15)12-9-6-3)14-16(20-19)11-8-5-2/h13H,4-12H2,1-3H3. The molecule has 1 aliphatic heterocycles. The van der Waals surface area contributed by atoms with Crippen molar-refractivity contribution in [3.8, 4) is 0 Å². The third-order valence-electron chi connectivity index (χ3n) is 4.13. The maximum Gasteiger partial charge on any atom is 0.0105 e. The van der Waals surface area contributed by atoms with Crippen LogP contribution in [0, 0.1) is 6.08 Å². The fraction of sp³-hybridized carbons (Fsp3) is 0.632. The van der Waals surface area contributed by atoms with E-state index in [0.717, 1.165) is 0 Å². The van der Waals surface area contributed by atoms with Crippen LogP contribution in [-0.4, -0.2) is 5.29 Å². The zero-order valence-electron chi connectivity index (χ0n) is 13.4. The Morgan fingerprint density at radius 2 is 1.55 bits per heavy atom. The van der Waals surface area contributed by atoms with E-state index in [2.05, 4.69) is 32.9 Å². The van der Waals surface area contributed by atoms with Crippen molar-refractivity contribution in [1.29, 1.82) is 0 Å². The number of rotatable bonds is 9. The van der Waals surface area contributed by atoms with E-state index >= 15 is 0 Å².